The second-order valence-electron chi connectivity index (χ2n) is 15.1. The number of carbonyl (C=O) groups excluding carboxylic acids is 2. The van der Waals surface area contributed by atoms with Crippen molar-refractivity contribution in [2.24, 2.45) is 0 Å². The summed E-state index contributed by atoms with van der Waals surface area (Å²) in [6, 6.07) is 12.4. The topological polar surface area (TPSA) is 106 Å². The molecule has 2 aliphatic carbocycles. The lowest BCUT2D eigenvalue weighted by molar-refractivity contribution is -0.176. The molecule has 2 bridgehead atoms. The number of phenolic OH excluding ortho intramolecular Hbond substituents is 1. The highest BCUT2D eigenvalue weighted by Crippen LogP contribution is 2.65. The standard InChI is InChI=1S/C43H57NO7/c1-3-4-5-6-7-8-9-10-11-12-13-14-15-16-20-23-36(46)50-38(31-21-18-17-19-22-31)41(47)49-34-26-27-43(48)35-30-32-24-25-33(45)39-37(32)42(43,40(34)51-39)28-29-44(35)2/h10-11,17-19,21-22,24-26,35,38,40,45,48H,3-9,12-16,20,23,27-30H2,1-2H3/b11-10-/t35-,38-,40-,42-,43+/m0/s1. The predicted molar refractivity (Wildman–Crippen MR) is 197 cm³/mol. The third-order valence-corrected chi connectivity index (χ3v) is 11.8. The van der Waals surface area contributed by atoms with E-state index in [0.717, 1.165) is 49.8 Å². The lowest BCUT2D eigenvalue weighted by atomic mass is 9.50. The number of piperidine rings is 1. The molecule has 0 amide bonds. The minimum atomic E-state index is -1.25. The van der Waals surface area contributed by atoms with E-state index in [4.69, 9.17) is 14.2 Å². The van der Waals surface area contributed by atoms with Gasteiger partial charge in [0.05, 0.1) is 11.0 Å². The van der Waals surface area contributed by atoms with Crippen molar-refractivity contribution in [1.82, 2.24) is 4.90 Å². The normalized spacial score (nSPS) is 25.2. The summed E-state index contributed by atoms with van der Waals surface area (Å²) in [4.78, 5) is 29.2. The van der Waals surface area contributed by atoms with Crippen LogP contribution in [0.1, 0.15) is 132 Å². The summed E-state index contributed by atoms with van der Waals surface area (Å²) in [5.74, 6) is -0.501. The highest BCUT2D eigenvalue weighted by molar-refractivity contribution is 5.82. The van der Waals surface area contributed by atoms with Gasteiger partial charge in [0.15, 0.2) is 17.6 Å². The summed E-state index contributed by atoms with van der Waals surface area (Å²) in [6.45, 7) is 2.98. The van der Waals surface area contributed by atoms with Gasteiger partial charge < -0.3 is 29.3 Å². The highest BCUT2D eigenvalue weighted by Gasteiger charge is 2.72. The van der Waals surface area contributed by atoms with E-state index in [1.807, 2.05) is 19.2 Å². The van der Waals surface area contributed by atoms with Crippen molar-refractivity contribution in [3.63, 3.8) is 0 Å². The molecule has 4 aliphatic rings. The molecule has 5 atom stereocenters. The molecule has 2 aliphatic heterocycles. The zero-order valence-electron chi connectivity index (χ0n) is 30.6. The number of hydrogen-bond donors (Lipinski definition) is 2. The average molecular weight is 700 g/mol. The molecule has 0 unspecified atom stereocenters. The minimum absolute atomic E-state index is 0.00895. The van der Waals surface area contributed by atoms with Gasteiger partial charge in [0.2, 0.25) is 6.10 Å². The van der Waals surface area contributed by atoms with Crippen molar-refractivity contribution in [3.8, 4) is 11.5 Å². The Kier molecular flexibility index (Phi) is 12.2. The van der Waals surface area contributed by atoms with E-state index in [2.05, 4.69) is 24.0 Å². The van der Waals surface area contributed by atoms with Gasteiger partial charge in [-0.2, -0.15) is 0 Å². The number of nitrogens with zero attached hydrogens (tertiary/aromatic N) is 1. The number of likely N-dealkylation sites (N-methyl/N-ethyl adjacent to an activating group) is 1. The van der Waals surface area contributed by atoms with Crippen molar-refractivity contribution in [2.45, 2.75) is 145 Å². The molecule has 276 valence electrons. The number of unbranched alkanes of at least 4 members (excludes halogenated alkanes) is 11. The largest absolute Gasteiger partial charge is 0.504 e. The molecule has 2 aromatic rings. The number of allylic oxidation sites excluding steroid dienone is 2. The number of benzene rings is 2. The summed E-state index contributed by atoms with van der Waals surface area (Å²) in [6.07, 6.45) is 21.3. The third-order valence-electron chi connectivity index (χ3n) is 11.8. The molecule has 2 aromatic carbocycles. The number of rotatable bonds is 19. The van der Waals surface area contributed by atoms with E-state index in [1.165, 1.54) is 44.9 Å². The van der Waals surface area contributed by atoms with Crippen LogP contribution in [-0.4, -0.2) is 58.4 Å². The van der Waals surface area contributed by atoms with E-state index >= 15 is 0 Å². The van der Waals surface area contributed by atoms with Crippen molar-refractivity contribution in [3.05, 3.63) is 83.1 Å². The number of aromatic hydroxyl groups is 1. The fraction of sp³-hybridized carbons (Fsp3) is 0.581. The van der Waals surface area contributed by atoms with Gasteiger partial charge in [-0.15, -0.1) is 0 Å². The van der Waals surface area contributed by atoms with Gasteiger partial charge in [-0.25, -0.2) is 4.79 Å². The van der Waals surface area contributed by atoms with Crippen LogP contribution in [0.3, 0.4) is 0 Å². The Morgan fingerprint density at radius 1 is 0.961 bits per heavy atom. The van der Waals surface area contributed by atoms with Gasteiger partial charge in [0, 0.05) is 30.0 Å². The van der Waals surface area contributed by atoms with Crippen LogP contribution in [0.4, 0.5) is 0 Å². The molecule has 0 saturated carbocycles. The van der Waals surface area contributed by atoms with Crippen molar-refractivity contribution in [2.75, 3.05) is 13.6 Å². The maximum Gasteiger partial charge on any atom is 0.357 e. The highest BCUT2D eigenvalue weighted by atomic mass is 16.6. The summed E-state index contributed by atoms with van der Waals surface area (Å²) in [5.41, 5.74) is 0.345. The van der Waals surface area contributed by atoms with Gasteiger partial charge in [0.1, 0.15) is 5.76 Å². The molecular formula is C43H57NO7. The molecule has 2 heterocycles. The molecule has 2 N–H and O–H groups in total. The van der Waals surface area contributed by atoms with Gasteiger partial charge in [-0.1, -0.05) is 107 Å². The smallest absolute Gasteiger partial charge is 0.357 e. The van der Waals surface area contributed by atoms with E-state index in [1.54, 1.807) is 36.4 Å². The first-order valence-corrected chi connectivity index (χ1v) is 19.6. The molecule has 0 radical (unpaired) electrons. The summed E-state index contributed by atoms with van der Waals surface area (Å²) < 4.78 is 18.4. The van der Waals surface area contributed by atoms with E-state index in [9.17, 15) is 19.8 Å². The van der Waals surface area contributed by atoms with Crippen LogP contribution in [0.15, 0.2) is 66.5 Å². The minimum Gasteiger partial charge on any atom is -0.504 e. The quantitative estimate of drug-likeness (QED) is 0.0854. The molecule has 1 saturated heterocycles. The lowest BCUT2D eigenvalue weighted by Gasteiger charge is -2.61. The maximum absolute atomic E-state index is 13.9. The lowest BCUT2D eigenvalue weighted by Crippen LogP contribution is -2.74. The number of phenols is 1. The second kappa shape index (κ2) is 16.8. The fourth-order valence-electron chi connectivity index (χ4n) is 9.02. The van der Waals surface area contributed by atoms with Crippen molar-refractivity contribution >= 4 is 11.9 Å². The second-order valence-corrected chi connectivity index (χ2v) is 15.1. The molecule has 8 heteroatoms. The number of hydrogen-bond acceptors (Lipinski definition) is 8. The fourth-order valence-corrected chi connectivity index (χ4v) is 9.02. The number of carbonyl (C=O) groups is 2. The summed E-state index contributed by atoms with van der Waals surface area (Å²) in [5, 5.41) is 23.2. The SMILES string of the molecule is CCCCCCCC/C=C\CCCCCCCC(=O)O[C@H](C(=O)OC1=CC[C@@]2(O)[C@@H]3Cc4ccc(O)c5c4[C@@]2(CCN3C)[C@H]1O5)c1ccccc1. The molecule has 1 spiro atoms. The molecule has 0 aromatic heterocycles. The Labute approximate surface area is 303 Å². The summed E-state index contributed by atoms with van der Waals surface area (Å²) >= 11 is 0. The number of ether oxygens (including phenoxy) is 3. The molecule has 6 rings (SSSR count). The third kappa shape index (κ3) is 7.64. The Hall–Kier alpha value is -3.62. The van der Waals surface area contributed by atoms with Crippen LogP contribution in [0, 0.1) is 0 Å². The maximum atomic E-state index is 13.9. The van der Waals surface area contributed by atoms with Crippen LogP contribution in [0.2, 0.25) is 0 Å². The number of aliphatic hydroxyl groups is 1. The summed E-state index contributed by atoms with van der Waals surface area (Å²) in [7, 11) is 2.03. The first kappa shape index (κ1) is 37.1. The first-order chi connectivity index (χ1) is 24.8. The van der Waals surface area contributed by atoms with E-state index in [0.29, 0.717) is 30.6 Å². The predicted octanol–water partition coefficient (Wildman–Crippen LogP) is 8.54. The van der Waals surface area contributed by atoms with Crippen LogP contribution >= 0.6 is 0 Å². The van der Waals surface area contributed by atoms with Gasteiger partial charge >= 0.3 is 11.9 Å². The van der Waals surface area contributed by atoms with E-state index in [-0.39, 0.29) is 30.4 Å². The Balaban J connectivity index is 1.02. The molecule has 8 nitrogen and oxygen atoms in total. The molecule has 51 heavy (non-hydrogen) atoms. The Bertz CT molecular complexity index is 1570. The number of likely N-dealkylation sites (tertiary alicyclic amines) is 1. The van der Waals surface area contributed by atoms with E-state index < -0.39 is 35.2 Å². The van der Waals surface area contributed by atoms with Gasteiger partial charge in [-0.3, -0.25) is 4.79 Å². The van der Waals surface area contributed by atoms with Gasteiger partial charge in [0.25, 0.3) is 0 Å². The molecule has 1 fully saturated rings. The Morgan fingerprint density at radius 3 is 2.37 bits per heavy atom. The van der Waals surface area contributed by atoms with Crippen molar-refractivity contribution in [1.29, 1.82) is 0 Å². The average Bonchev–Trinajstić information content (AvgIpc) is 3.49. The van der Waals surface area contributed by atoms with Crippen LogP contribution in [0.25, 0.3) is 0 Å². The van der Waals surface area contributed by atoms with Gasteiger partial charge in [-0.05, 0) is 76.2 Å². The zero-order chi connectivity index (χ0) is 35.8. The zero-order valence-corrected chi connectivity index (χ0v) is 30.6. The van der Waals surface area contributed by atoms with Crippen molar-refractivity contribution < 1.29 is 34.0 Å². The Morgan fingerprint density at radius 2 is 1.65 bits per heavy atom. The molecular weight excluding hydrogens is 642 g/mol. The first-order valence-electron chi connectivity index (χ1n) is 19.6. The van der Waals surface area contributed by atoms with Crippen LogP contribution < -0.4 is 4.74 Å². The van der Waals surface area contributed by atoms with Crippen LogP contribution in [0.5, 0.6) is 11.5 Å². The monoisotopic (exact) mass is 699 g/mol. The van der Waals surface area contributed by atoms with Crippen LogP contribution in [-0.2, 0) is 30.9 Å². The number of esters is 2.